The number of carboxylic acid groups (broad SMARTS) is 1. The van der Waals surface area contributed by atoms with E-state index in [4.69, 9.17) is 14.6 Å². The number of nitrogens with zero attached hydrogens (tertiary/aromatic N) is 5. The van der Waals surface area contributed by atoms with Crippen molar-refractivity contribution in [2.24, 2.45) is 0 Å². The number of methoxy groups -OCH3 is 1. The molecule has 2 amide bonds. The normalized spacial score (nSPS) is 20.7. The van der Waals surface area contributed by atoms with Gasteiger partial charge < -0.3 is 19.9 Å². The summed E-state index contributed by atoms with van der Waals surface area (Å²) < 4.78 is 14.2. The van der Waals surface area contributed by atoms with E-state index in [1.807, 2.05) is 35.9 Å². The average molecular weight is 599 g/mol. The lowest BCUT2D eigenvalue weighted by molar-refractivity contribution is -0.119. The van der Waals surface area contributed by atoms with Gasteiger partial charge in [0.2, 0.25) is 5.91 Å². The Morgan fingerprint density at radius 1 is 1.11 bits per heavy atom. The predicted octanol–water partition coefficient (Wildman–Crippen LogP) is 6.12. The van der Waals surface area contributed by atoms with E-state index in [2.05, 4.69) is 10.4 Å². The lowest BCUT2D eigenvalue weighted by Crippen LogP contribution is -2.36. The molecule has 3 heterocycles. The Bertz CT molecular complexity index is 1860. The highest BCUT2D eigenvalue weighted by molar-refractivity contribution is 6.22. The molecular weight excluding hydrogens is 564 g/mol. The van der Waals surface area contributed by atoms with Crippen LogP contribution in [0.15, 0.2) is 42.5 Å². The molecule has 3 aliphatic rings. The fourth-order valence-electron chi connectivity index (χ4n) is 6.37. The summed E-state index contributed by atoms with van der Waals surface area (Å²) in [5.74, 6) is 1.49. The number of hydrogen-bond donors (Lipinski definition) is 2. The first-order valence-corrected chi connectivity index (χ1v) is 14.8. The number of fused-ring (bicyclic) bond motifs is 3. The molecule has 0 unspecified atom stereocenters. The first kappa shape index (κ1) is 27.9. The molecule has 2 saturated carbocycles. The second-order valence-corrected chi connectivity index (χ2v) is 12.7. The van der Waals surface area contributed by atoms with Crippen LogP contribution < -0.4 is 15.0 Å². The van der Waals surface area contributed by atoms with Gasteiger partial charge in [0.1, 0.15) is 17.2 Å². The van der Waals surface area contributed by atoms with Crippen molar-refractivity contribution in [3.8, 4) is 5.75 Å². The first-order chi connectivity index (χ1) is 20.9. The number of anilines is 3. The molecule has 0 saturated heterocycles. The largest absolute Gasteiger partial charge is 0.497 e. The van der Waals surface area contributed by atoms with Crippen LogP contribution >= 0.6 is 0 Å². The van der Waals surface area contributed by atoms with E-state index in [0.29, 0.717) is 52.6 Å². The summed E-state index contributed by atoms with van der Waals surface area (Å²) in [6.45, 7) is 8.06. The van der Waals surface area contributed by atoms with Gasteiger partial charge in [-0.25, -0.2) is 19.2 Å². The second kappa shape index (κ2) is 9.57. The van der Waals surface area contributed by atoms with Crippen molar-refractivity contribution in [2.45, 2.75) is 76.4 Å². The molecule has 2 aromatic carbocycles. The van der Waals surface area contributed by atoms with Gasteiger partial charge in [0.25, 0.3) is 0 Å². The van der Waals surface area contributed by atoms with E-state index >= 15 is 0 Å². The number of hydrogen-bond acceptors (Lipinski definition) is 8. The number of aromatic nitrogens is 4. The van der Waals surface area contributed by atoms with Crippen LogP contribution in [0.4, 0.5) is 26.9 Å². The maximum Gasteiger partial charge on any atom is 0.435 e. The van der Waals surface area contributed by atoms with Crippen molar-refractivity contribution in [3.63, 3.8) is 0 Å². The Hall–Kier alpha value is -4.87. The minimum Gasteiger partial charge on any atom is -0.497 e. The predicted molar refractivity (Wildman–Crippen MR) is 162 cm³/mol. The lowest BCUT2D eigenvalue weighted by atomic mass is 9.91. The minimum absolute atomic E-state index is 0.310. The summed E-state index contributed by atoms with van der Waals surface area (Å²) in [6, 6.07) is 12.7. The van der Waals surface area contributed by atoms with Crippen LogP contribution in [0.3, 0.4) is 0 Å². The Kier molecular flexibility index (Phi) is 6.07. The summed E-state index contributed by atoms with van der Waals surface area (Å²) in [5, 5.41) is 23.4. The maximum absolute atomic E-state index is 13.7. The molecule has 228 valence electrons. The molecule has 0 bridgehead atoms. The first-order valence-electron chi connectivity index (χ1n) is 14.8. The Balaban J connectivity index is 1.31. The van der Waals surface area contributed by atoms with Gasteiger partial charge in [-0.2, -0.15) is 9.78 Å². The zero-order chi connectivity index (χ0) is 31.1. The van der Waals surface area contributed by atoms with Crippen LogP contribution in [0.25, 0.3) is 10.9 Å². The standard InChI is InChI=1S/C32H34N6O6/c1-6-36-26(15-23(34-36)17-7-8-17)33-27-20-11-9-18(13-25(20)38(35-27)30(42)44-31(2,3)4)22-16-32(22)21-14-19(43-5)10-12-24(21)37(28(32)39)29(40)41/h9-15,17,22H,6-8,16H2,1-5H3,(H,33,35)(H,40,41)/t22-,32-/m0/s1. The highest BCUT2D eigenvalue weighted by Gasteiger charge is 2.68. The second-order valence-electron chi connectivity index (χ2n) is 12.7. The van der Waals surface area contributed by atoms with Crippen LogP contribution in [-0.2, 0) is 21.5 Å². The maximum atomic E-state index is 13.7. The van der Waals surface area contributed by atoms with Gasteiger partial charge in [-0.15, -0.1) is 5.10 Å². The van der Waals surface area contributed by atoms with Gasteiger partial charge in [-0.1, -0.05) is 6.07 Å². The van der Waals surface area contributed by atoms with E-state index in [9.17, 15) is 19.5 Å². The number of rotatable bonds is 6. The Morgan fingerprint density at radius 3 is 2.55 bits per heavy atom. The SMILES string of the molecule is CCn1nc(C2CC2)cc1Nc1nn(C(=O)OC(C)(C)C)c2cc([C@@H]3C[C@@]34C(=O)N(C(=O)O)c3ccc(OC)cc34)ccc12. The molecule has 4 aromatic rings. The molecule has 1 aliphatic heterocycles. The summed E-state index contributed by atoms with van der Waals surface area (Å²) >= 11 is 0. The van der Waals surface area contributed by atoms with Gasteiger partial charge in [0, 0.05) is 29.8 Å². The number of carbonyl (C=O) groups is 3. The topological polar surface area (TPSA) is 141 Å². The van der Waals surface area contributed by atoms with Gasteiger partial charge in [-0.05, 0) is 88.4 Å². The number of aryl methyl sites for hydroxylation is 1. The molecular formula is C32H34N6O6. The van der Waals surface area contributed by atoms with E-state index in [1.54, 1.807) is 39.0 Å². The molecule has 2 aliphatic carbocycles. The minimum atomic E-state index is -1.32. The number of benzene rings is 2. The van der Waals surface area contributed by atoms with E-state index in [-0.39, 0.29) is 5.92 Å². The average Bonchev–Trinajstić information content (AvgIpc) is 3.87. The number of amides is 2. The summed E-state index contributed by atoms with van der Waals surface area (Å²) in [6.07, 6.45) is 0.726. The molecule has 1 spiro atoms. The lowest BCUT2D eigenvalue weighted by Gasteiger charge is -2.19. The third kappa shape index (κ3) is 4.30. The van der Waals surface area contributed by atoms with Crippen molar-refractivity contribution < 1.29 is 29.0 Å². The van der Waals surface area contributed by atoms with Gasteiger partial charge in [0.15, 0.2) is 5.82 Å². The van der Waals surface area contributed by atoms with E-state index in [1.165, 1.54) is 11.8 Å². The van der Waals surface area contributed by atoms with Crippen molar-refractivity contribution >= 4 is 46.3 Å². The van der Waals surface area contributed by atoms with Crippen molar-refractivity contribution in [3.05, 3.63) is 59.3 Å². The third-order valence-corrected chi connectivity index (χ3v) is 8.68. The smallest absolute Gasteiger partial charge is 0.435 e. The van der Waals surface area contributed by atoms with Crippen molar-refractivity contribution in [1.82, 2.24) is 19.6 Å². The zero-order valence-electron chi connectivity index (χ0n) is 25.2. The Labute approximate surface area is 253 Å². The van der Waals surface area contributed by atoms with Gasteiger partial charge >= 0.3 is 12.2 Å². The molecule has 44 heavy (non-hydrogen) atoms. The monoisotopic (exact) mass is 598 g/mol. The van der Waals surface area contributed by atoms with Crippen LogP contribution in [0.5, 0.6) is 5.75 Å². The van der Waals surface area contributed by atoms with Crippen molar-refractivity contribution in [1.29, 1.82) is 0 Å². The summed E-state index contributed by atoms with van der Waals surface area (Å²) in [5.41, 5.74) is 1.52. The molecule has 7 rings (SSSR count). The highest BCUT2D eigenvalue weighted by atomic mass is 16.6. The van der Waals surface area contributed by atoms with E-state index in [0.717, 1.165) is 34.8 Å². The van der Waals surface area contributed by atoms with E-state index < -0.39 is 29.1 Å². The number of carbonyl (C=O) groups excluding carboxylic acids is 2. The van der Waals surface area contributed by atoms with Gasteiger partial charge in [-0.3, -0.25) is 4.79 Å². The fraction of sp³-hybridized carbons (Fsp3) is 0.406. The molecule has 2 atom stereocenters. The van der Waals surface area contributed by atoms with Crippen LogP contribution in [0, 0.1) is 0 Å². The molecule has 0 radical (unpaired) electrons. The molecule has 2 aromatic heterocycles. The third-order valence-electron chi connectivity index (χ3n) is 8.68. The quantitative estimate of drug-likeness (QED) is 0.269. The molecule has 12 nitrogen and oxygen atoms in total. The number of nitrogens with one attached hydrogen (secondary N) is 1. The molecule has 2 N–H and O–H groups in total. The number of imide groups is 1. The highest BCUT2D eigenvalue weighted by Crippen LogP contribution is 2.67. The summed E-state index contributed by atoms with van der Waals surface area (Å²) in [7, 11) is 1.53. The molecule has 12 heteroatoms. The van der Waals surface area contributed by atoms with Crippen molar-refractivity contribution in [2.75, 3.05) is 17.3 Å². The molecule has 2 fully saturated rings. The van der Waals surface area contributed by atoms with Crippen LogP contribution in [0.1, 0.15) is 75.6 Å². The Morgan fingerprint density at radius 2 is 1.89 bits per heavy atom. The van der Waals surface area contributed by atoms with Crippen LogP contribution in [0.2, 0.25) is 0 Å². The fourth-order valence-corrected chi connectivity index (χ4v) is 6.37. The number of ether oxygens (including phenoxy) is 2. The van der Waals surface area contributed by atoms with Crippen LogP contribution in [-0.4, -0.2) is 55.5 Å². The summed E-state index contributed by atoms with van der Waals surface area (Å²) in [4.78, 5) is 40.1. The van der Waals surface area contributed by atoms with Gasteiger partial charge in [0.05, 0.1) is 29.4 Å². The zero-order valence-corrected chi connectivity index (χ0v) is 25.2.